The maximum Gasteiger partial charge on any atom is 0.226 e. The molecule has 0 spiro atoms. The summed E-state index contributed by atoms with van der Waals surface area (Å²) in [6.45, 7) is 1.97. The first-order chi connectivity index (χ1) is 11.3. The number of hydrogen-bond donors (Lipinski definition) is 1. The minimum atomic E-state index is -0.0873. The monoisotopic (exact) mass is 316 g/mol. The van der Waals surface area contributed by atoms with Crippen LogP contribution in [0.15, 0.2) is 30.5 Å². The quantitative estimate of drug-likeness (QED) is 0.879. The van der Waals surface area contributed by atoms with Gasteiger partial charge in [-0.3, -0.25) is 9.48 Å². The van der Waals surface area contributed by atoms with E-state index in [1.807, 2.05) is 30.5 Å². The third kappa shape index (κ3) is 3.87. The van der Waals surface area contributed by atoms with E-state index in [9.17, 15) is 4.79 Å². The predicted molar refractivity (Wildman–Crippen MR) is 84.4 cm³/mol. The van der Waals surface area contributed by atoms with Crippen LogP contribution in [0.25, 0.3) is 0 Å². The first-order valence-corrected chi connectivity index (χ1v) is 7.67. The second kappa shape index (κ2) is 7.23. The van der Waals surface area contributed by atoms with Crippen LogP contribution in [-0.2, 0) is 16.1 Å². The van der Waals surface area contributed by atoms with Crippen LogP contribution in [0.1, 0.15) is 24.5 Å². The van der Waals surface area contributed by atoms with Crippen LogP contribution in [0, 0.1) is 0 Å². The summed E-state index contributed by atoms with van der Waals surface area (Å²) in [5.41, 5.74) is 1.61. The topological polar surface area (TPSA) is 78.3 Å². The largest absolute Gasteiger partial charge is 0.495 e. The maximum atomic E-state index is 12.1. The van der Waals surface area contributed by atoms with E-state index in [1.165, 1.54) is 0 Å². The highest BCUT2D eigenvalue weighted by Gasteiger charge is 2.20. The van der Waals surface area contributed by atoms with Gasteiger partial charge in [0.15, 0.2) is 0 Å². The Labute approximate surface area is 134 Å². The van der Waals surface area contributed by atoms with Crippen molar-refractivity contribution in [1.29, 1.82) is 0 Å². The van der Waals surface area contributed by atoms with Gasteiger partial charge in [-0.05, 0) is 18.6 Å². The third-order valence-corrected chi connectivity index (χ3v) is 3.85. The molecule has 3 rings (SSSR count). The van der Waals surface area contributed by atoms with Crippen molar-refractivity contribution in [2.75, 3.05) is 25.6 Å². The van der Waals surface area contributed by atoms with E-state index in [2.05, 4.69) is 15.6 Å². The number of rotatable bonds is 6. The molecule has 7 heteroatoms. The zero-order valence-corrected chi connectivity index (χ0v) is 13.1. The van der Waals surface area contributed by atoms with Crippen LogP contribution in [-0.4, -0.2) is 41.2 Å². The van der Waals surface area contributed by atoms with Crippen LogP contribution >= 0.6 is 0 Å². The third-order valence-electron chi connectivity index (χ3n) is 3.85. The molecule has 2 aromatic rings. The Bertz CT molecular complexity index is 665. The Morgan fingerprint density at radius 2 is 2.35 bits per heavy atom. The average Bonchev–Trinajstić information content (AvgIpc) is 3.24. The molecule has 0 radical (unpaired) electrons. The molecule has 1 unspecified atom stereocenters. The van der Waals surface area contributed by atoms with Crippen LogP contribution in [0.2, 0.25) is 0 Å². The molecule has 1 saturated heterocycles. The summed E-state index contributed by atoms with van der Waals surface area (Å²) in [6.07, 6.45) is 3.20. The molecular formula is C16H20N4O3. The fourth-order valence-corrected chi connectivity index (χ4v) is 2.55. The molecule has 1 fully saturated rings. The second-order valence-electron chi connectivity index (χ2n) is 5.47. The standard InChI is InChI=1S/C16H20N4O3/c1-22-15-5-3-2-4-13(15)17-16(21)6-8-20-10-14(18-19-20)12-7-9-23-11-12/h2-5,10,12H,6-9,11H2,1H3,(H,17,21). The van der Waals surface area contributed by atoms with Gasteiger partial charge in [0.1, 0.15) is 5.75 Å². The predicted octanol–water partition coefficient (Wildman–Crippen LogP) is 1.82. The maximum absolute atomic E-state index is 12.1. The Hall–Kier alpha value is -2.41. The Kier molecular flexibility index (Phi) is 4.87. The molecular weight excluding hydrogens is 296 g/mol. The molecule has 0 saturated carbocycles. The summed E-state index contributed by atoms with van der Waals surface area (Å²) in [5.74, 6) is 0.882. The van der Waals surface area contributed by atoms with Gasteiger partial charge in [0, 0.05) is 25.1 Å². The number of aryl methyl sites for hydroxylation is 1. The summed E-state index contributed by atoms with van der Waals surface area (Å²) in [4.78, 5) is 12.1. The molecule has 1 atom stereocenters. The summed E-state index contributed by atoms with van der Waals surface area (Å²) in [5, 5.41) is 11.1. The molecule has 1 aromatic heterocycles. The van der Waals surface area contributed by atoms with Crippen LogP contribution in [0.3, 0.4) is 0 Å². The number of nitrogens with one attached hydrogen (secondary N) is 1. The molecule has 0 bridgehead atoms. The van der Waals surface area contributed by atoms with Gasteiger partial charge in [0.05, 0.1) is 31.6 Å². The van der Waals surface area contributed by atoms with Gasteiger partial charge in [0.25, 0.3) is 0 Å². The number of aromatic nitrogens is 3. The van der Waals surface area contributed by atoms with E-state index in [1.54, 1.807) is 11.8 Å². The second-order valence-corrected chi connectivity index (χ2v) is 5.47. The van der Waals surface area contributed by atoms with Crippen LogP contribution < -0.4 is 10.1 Å². The van der Waals surface area contributed by atoms with Gasteiger partial charge < -0.3 is 14.8 Å². The lowest BCUT2D eigenvalue weighted by atomic mass is 10.1. The summed E-state index contributed by atoms with van der Waals surface area (Å²) >= 11 is 0. The number of amides is 1. The molecule has 2 heterocycles. The summed E-state index contributed by atoms with van der Waals surface area (Å²) in [7, 11) is 1.58. The van der Waals surface area contributed by atoms with Crippen molar-refractivity contribution in [2.45, 2.75) is 25.3 Å². The Morgan fingerprint density at radius 1 is 1.48 bits per heavy atom. The average molecular weight is 316 g/mol. The van der Waals surface area contributed by atoms with Gasteiger partial charge in [0.2, 0.25) is 5.91 Å². The van der Waals surface area contributed by atoms with E-state index in [0.717, 1.165) is 18.7 Å². The molecule has 122 valence electrons. The first kappa shape index (κ1) is 15.5. The number of hydrogen-bond acceptors (Lipinski definition) is 5. The number of carbonyl (C=O) groups is 1. The highest BCUT2D eigenvalue weighted by atomic mass is 16.5. The lowest BCUT2D eigenvalue weighted by Crippen LogP contribution is -2.15. The van der Waals surface area contributed by atoms with Crippen molar-refractivity contribution in [3.05, 3.63) is 36.2 Å². The van der Waals surface area contributed by atoms with Gasteiger partial charge in [-0.25, -0.2) is 0 Å². The van der Waals surface area contributed by atoms with Crippen molar-refractivity contribution in [2.24, 2.45) is 0 Å². The highest BCUT2D eigenvalue weighted by Crippen LogP contribution is 2.24. The van der Waals surface area contributed by atoms with E-state index in [4.69, 9.17) is 9.47 Å². The normalized spacial score (nSPS) is 17.2. The lowest BCUT2D eigenvalue weighted by molar-refractivity contribution is -0.116. The fraction of sp³-hybridized carbons (Fsp3) is 0.438. The van der Waals surface area contributed by atoms with Crippen LogP contribution in [0.4, 0.5) is 5.69 Å². The van der Waals surface area contributed by atoms with E-state index >= 15 is 0 Å². The number of para-hydroxylation sites is 2. The Balaban J connectivity index is 1.52. The van der Waals surface area contributed by atoms with Crippen molar-refractivity contribution >= 4 is 11.6 Å². The summed E-state index contributed by atoms with van der Waals surface area (Å²) in [6, 6.07) is 7.33. The highest BCUT2D eigenvalue weighted by molar-refractivity contribution is 5.92. The van der Waals surface area contributed by atoms with Crippen molar-refractivity contribution < 1.29 is 14.3 Å². The number of ether oxygens (including phenoxy) is 2. The van der Waals surface area contributed by atoms with Crippen molar-refractivity contribution in [1.82, 2.24) is 15.0 Å². The minimum Gasteiger partial charge on any atom is -0.495 e. The number of carbonyl (C=O) groups excluding carboxylic acids is 1. The zero-order chi connectivity index (χ0) is 16.1. The van der Waals surface area contributed by atoms with Gasteiger partial charge in [-0.2, -0.15) is 0 Å². The van der Waals surface area contributed by atoms with Gasteiger partial charge >= 0.3 is 0 Å². The molecule has 0 aliphatic carbocycles. The first-order valence-electron chi connectivity index (χ1n) is 7.67. The van der Waals surface area contributed by atoms with E-state index in [-0.39, 0.29) is 5.91 Å². The van der Waals surface area contributed by atoms with Gasteiger partial charge in [-0.15, -0.1) is 5.10 Å². The zero-order valence-electron chi connectivity index (χ0n) is 13.1. The fourth-order valence-electron chi connectivity index (χ4n) is 2.55. The molecule has 1 aliphatic heterocycles. The van der Waals surface area contributed by atoms with Crippen LogP contribution in [0.5, 0.6) is 5.75 Å². The number of methoxy groups -OCH3 is 1. The number of benzene rings is 1. The Morgan fingerprint density at radius 3 is 3.13 bits per heavy atom. The molecule has 1 N–H and O–H groups in total. The van der Waals surface area contributed by atoms with Crippen molar-refractivity contribution in [3.63, 3.8) is 0 Å². The summed E-state index contributed by atoms with van der Waals surface area (Å²) < 4.78 is 12.3. The van der Waals surface area contributed by atoms with Gasteiger partial charge in [-0.1, -0.05) is 17.3 Å². The molecule has 1 amide bonds. The smallest absolute Gasteiger partial charge is 0.226 e. The SMILES string of the molecule is COc1ccccc1NC(=O)CCn1cc(C2CCOC2)nn1. The van der Waals surface area contributed by atoms with Crippen molar-refractivity contribution in [3.8, 4) is 5.75 Å². The number of nitrogens with zero attached hydrogens (tertiary/aromatic N) is 3. The molecule has 23 heavy (non-hydrogen) atoms. The number of anilines is 1. The molecule has 7 nitrogen and oxygen atoms in total. The molecule has 1 aromatic carbocycles. The van der Waals surface area contributed by atoms with E-state index in [0.29, 0.717) is 36.9 Å². The lowest BCUT2D eigenvalue weighted by Gasteiger charge is -2.09. The molecule has 1 aliphatic rings. The minimum absolute atomic E-state index is 0.0873. The van der Waals surface area contributed by atoms with E-state index < -0.39 is 0 Å².